The molecule has 1 aromatic rings. The van der Waals surface area contributed by atoms with Gasteiger partial charge in [0.05, 0.1) is 6.61 Å². The van der Waals surface area contributed by atoms with Crippen LogP contribution in [0, 0.1) is 0 Å². The predicted octanol–water partition coefficient (Wildman–Crippen LogP) is 2.92. The number of hydrogen-bond acceptors (Lipinski definition) is 4. The van der Waals surface area contributed by atoms with E-state index >= 15 is 0 Å². The highest BCUT2D eigenvalue weighted by atomic mass is 16.7. The van der Waals surface area contributed by atoms with E-state index in [1.54, 1.807) is 0 Å². The minimum absolute atomic E-state index is 0.117. The zero-order chi connectivity index (χ0) is 13.9. The minimum Gasteiger partial charge on any atom is -0.463 e. The molecule has 0 aliphatic carbocycles. The van der Waals surface area contributed by atoms with Gasteiger partial charge in [-0.2, -0.15) is 0 Å². The van der Waals surface area contributed by atoms with Gasteiger partial charge in [-0.3, -0.25) is 0 Å². The van der Waals surface area contributed by atoms with E-state index in [1.807, 2.05) is 32.0 Å². The highest BCUT2D eigenvalue weighted by molar-refractivity contribution is 5.63. The largest absolute Gasteiger partial charge is 0.463 e. The van der Waals surface area contributed by atoms with Gasteiger partial charge in [-0.15, -0.1) is 0 Å². The van der Waals surface area contributed by atoms with Crippen molar-refractivity contribution in [3.63, 3.8) is 0 Å². The molecule has 6 heteroatoms. The van der Waals surface area contributed by atoms with E-state index < -0.39 is 11.7 Å². The first-order chi connectivity index (χ1) is 9.05. The van der Waals surface area contributed by atoms with Crippen LogP contribution in [0.5, 0.6) is 5.75 Å². The molecule has 0 spiro atoms. The third kappa shape index (κ3) is 3.05. The standard InChI is InChI=1S/C13H15N3O3/c1-13(2)18-8-10-5-9(3-4-12(10)19-13)11(7-17)6-15-16-14/h3-5,7,11H,6,8H2,1-2H3. The van der Waals surface area contributed by atoms with E-state index in [2.05, 4.69) is 10.0 Å². The van der Waals surface area contributed by atoms with Gasteiger partial charge in [0.25, 0.3) is 0 Å². The lowest BCUT2D eigenvalue weighted by molar-refractivity contribution is -0.180. The van der Waals surface area contributed by atoms with Gasteiger partial charge in [0, 0.05) is 36.8 Å². The van der Waals surface area contributed by atoms with Gasteiger partial charge in [-0.1, -0.05) is 11.2 Å². The highest BCUT2D eigenvalue weighted by Gasteiger charge is 2.27. The van der Waals surface area contributed by atoms with Gasteiger partial charge in [0.1, 0.15) is 12.0 Å². The molecule has 0 aromatic heterocycles. The molecule has 0 bridgehead atoms. The van der Waals surface area contributed by atoms with Crippen molar-refractivity contribution in [3.05, 3.63) is 39.8 Å². The summed E-state index contributed by atoms with van der Waals surface area (Å²) in [6.07, 6.45) is 0.783. The predicted molar refractivity (Wildman–Crippen MR) is 68.8 cm³/mol. The molecule has 0 N–H and O–H groups in total. The molecular weight excluding hydrogens is 246 g/mol. The Labute approximate surface area is 111 Å². The van der Waals surface area contributed by atoms with Crippen molar-refractivity contribution in [1.29, 1.82) is 0 Å². The second kappa shape index (κ2) is 5.30. The lowest BCUT2D eigenvalue weighted by Gasteiger charge is -2.32. The first kappa shape index (κ1) is 13.4. The van der Waals surface area contributed by atoms with Gasteiger partial charge in [0.15, 0.2) is 0 Å². The Hall–Kier alpha value is -2.04. The van der Waals surface area contributed by atoms with Gasteiger partial charge in [0.2, 0.25) is 5.79 Å². The first-order valence-corrected chi connectivity index (χ1v) is 5.97. The van der Waals surface area contributed by atoms with Gasteiger partial charge in [-0.25, -0.2) is 0 Å². The molecule has 0 saturated carbocycles. The summed E-state index contributed by atoms with van der Waals surface area (Å²) in [7, 11) is 0. The number of aldehydes is 1. The molecule has 1 unspecified atom stereocenters. The van der Waals surface area contributed by atoms with E-state index in [1.165, 1.54) is 0 Å². The van der Waals surface area contributed by atoms with Crippen molar-refractivity contribution < 1.29 is 14.3 Å². The Morgan fingerprint density at radius 1 is 1.58 bits per heavy atom. The van der Waals surface area contributed by atoms with Crippen LogP contribution < -0.4 is 4.74 Å². The minimum atomic E-state index is -0.635. The van der Waals surface area contributed by atoms with Crippen molar-refractivity contribution >= 4 is 6.29 Å². The molecule has 100 valence electrons. The zero-order valence-corrected chi connectivity index (χ0v) is 10.9. The van der Waals surface area contributed by atoms with E-state index in [0.717, 1.165) is 23.2 Å². The number of carbonyl (C=O) groups excluding carboxylic acids is 1. The van der Waals surface area contributed by atoms with Gasteiger partial charge < -0.3 is 14.3 Å². The molecule has 1 aliphatic heterocycles. The average Bonchev–Trinajstić information content (AvgIpc) is 2.39. The molecule has 1 aromatic carbocycles. The fourth-order valence-electron chi connectivity index (χ4n) is 1.94. The van der Waals surface area contributed by atoms with E-state index in [4.69, 9.17) is 15.0 Å². The van der Waals surface area contributed by atoms with Crippen LogP contribution in [0.3, 0.4) is 0 Å². The maximum atomic E-state index is 11.0. The second-order valence-corrected chi connectivity index (χ2v) is 4.81. The van der Waals surface area contributed by atoms with Crippen LogP contribution in [0.4, 0.5) is 0 Å². The summed E-state index contributed by atoms with van der Waals surface area (Å²) in [6.45, 7) is 4.24. The zero-order valence-electron chi connectivity index (χ0n) is 10.9. The third-order valence-electron chi connectivity index (χ3n) is 2.95. The molecule has 0 saturated heterocycles. The summed E-state index contributed by atoms with van der Waals surface area (Å²) in [6, 6.07) is 5.49. The van der Waals surface area contributed by atoms with Crippen LogP contribution in [0.25, 0.3) is 10.4 Å². The number of nitrogens with zero attached hydrogens (tertiary/aromatic N) is 3. The normalized spacial score (nSPS) is 17.6. The summed E-state index contributed by atoms with van der Waals surface area (Å²) in [4.78, 5) is 13.7. The van der Waals surface area contributed by atoms with Crippen molar-refractivity contribution in [2.45, 2.75) is 32.2 Å². The van der Waals surface area contributed by atoms with Crippen molar-refractivity contribution in [3.8, 4) is 5.75 Å². The SMILES string of the molecule is CC1(C)OCc2cc(C(C=O)CN=[N+]=[N-])ccc2O1. The Kier molecular flexibility index (Phi) is 3.74. The number of ether oxygens (including phenoxy) is 2. The lowest BCUT2D eigenvalue weighted by Crippen LogP contribution is -2.35. The van der Waals surface area contributed by atoms with Crippen LogP contribution in [0.2, 0.25) is 0 Å². The smallest absolute Gasteiger partial charge is 0.205 e. The van der Waals surface area contributed by atoms with Crippen molar-refractivity contribution in [2.24, 2.45) is 5.11 Å². The third-order valence-corrected chi connectivity index (χ3v) is 2.95. The molecule has 6 nitrogen and oxygen atoms in total. The van der Waals surface area contributed by atoms with Crippen molar-refractivity contribution in [1.82, 2.24) is 0 Å². The summed E-state index contributed by atoms with van der Waals surface area (Å²) >= 11 is 0. The molecule has 0 amide bonds. The second-order valence-electron chi connectivity index (χ2n) is 4.81. The molecule has 0 fully saturated rings. The fourth-order valence-corrected chi connectivity index (χ4v) is 1.94. The molecule has 1 aliphatic rings. The Bertz CT molecular complexity index is 536. The monoisotopic (exact) mass is 261 g/mol. The summed E-state index contributed by atoms with van der Waals surface area (Å²) in [5.41, 5.74) is 10.0. The van der Waals surface area contributed by atoms with E-state index in [0.29, 0.717) is 6.61 Å². The highest BCUT2D eigenvalue weighted by Crippen LogP contribution is 2.33. The molecular formula is C13H15N3O3. The summed E-state index contributed by atoms with van der Waals surface area (Å²) in [5, 5.41) is 3.44. The van der Waals surface area contributed by atoms with Crippen LogP contribution in [0.15, 0.2) is 23.3 Å². The van der Waals surface area contributed by atoms with Crippen LogP contribution in [0.1, 0.15) is 30.9 Å². The lowest BCUT2D eigenvalue weighted by atomic mass is 9.98. The number of benzene rings is 1. The Morgan fingerprint density at radius 3 is 3.05 bits per heavy atom. The average molecular weight is 261 g/mol. The number of azide groups is 1. The number of hydrogen-bond donors (Lipinski definition) is 0. The van der Waals surface area contributed by atoms with Crippen molar-refractivity contribution in [2.75, 3.05) is 6.54 Å². The summed E-state index contributed by atoms with van der Waals surface area (Å²) < 4.78 is 11.2. The van der Waals surface area contributed by atoms with Crippen LogP contribution in [-0.2, 0) is 16.1 Å². The number of rotatable bonds is 4. The Morgan fingerprint density at radius 2 is 2.37 bits per heavy atom. The maximum absolute atomic E-state index is 11.0. The van der Waals surface area contributed by atoms with Crippen LogP contribution in [-0.4, -0.2) is 18.6 Å². The first-order valence-electron chi connectivity index (χ1n) is 5.97. The molecule has 0 radical (unpaired) electrons. The quantitative estimate of drug-likeness (QED) is 0.361. The van der Waals surface area contributed by atoms with E-state index in [-0.39, 0.29) is 6.54 Å². The maximum Gasteiger partial charge on any atom is 0.205 e. The van der Waals surface area contributed by atoms with Gasteiger partial charge in [-0.05, 0) is 23.2 Å². The molecule has 19 heavy (non-hydrogen) atoms. The van der Waals surface area contributed by atoms with Crippen LogP contribution >= 0.6 is 0 Å². The molecule has 1 atom stereocenters. The number of carbonyl (C=O) groups is 1. The number of fused-ring (bicyclic) bond motifs is 1. The van der Waals surface area contributed by atoms with E-state index in [9.17, 15) is 4.79 Å². The topological polar surface area (TPSA) is 84.3 Å². The fraction of sp³-hybridized carbons (Fsp3) is 0.462. The molecule has 2 rings (SSSR count). The Balaban J connectivity index is 2.26. The summed E-state index contributed by atoms with van der Waals surface area (Å²) in [5.74, 6) is -0.312. The van der Waals surface area contributed by atoms with Gasteiger partial charge >= 0.3 is 0 Å². The molecule has 1 heterocycles.